The topological polar surface area (TPSA) is 115 Å². The number of nitro benzene ring substituents is 1. The Bertz CT molecular complexity index is 402. The Morgan fingerprint density at radius 3 is 2.56 bits per heavy atom. The Kier molecular flexibility index (Phi) is 5.66. The van der Waals surface area contributed by atoms with Crippen LogP contribution in [-0.2, 0) is 0 Å². The van der Waals surface area contributed by atoms with Crippen molar-refractivity contribution in [3.63, 3.8) is 0 Å². The summed E-state index contributed by atoms with van der Waals surface area (Å²) in [4.78, 5) is 10.0. The number of nitro groups is 1. The van der Waals surface area contributed by atoms with Crippen molar-refractivity contribution < 1.29 is 10.0 Å². The zero-order valence-electron chi connectivity index (χ0n) is 8.09. The number of halogens is 2. The lowest BCUT2D eigenvalue weighted by Gasteiger charge is -2.11. The van der Waals surface area contributed by atoms with Gasteiger partial charge in [-0.3, -0.25) is 10.1 Å². The van der Waals surface area contributed by atoms with Gasteiger partial charge in [0.1, 0.15) is 5.75 Å². The third-order valence-electron chi connectivity index (χ3n) is 1.94. The molecule has 0 radical (unpaired) electrons. The van der Waals surface area contributed by atoms with Gasteiger partial charge in [0, 0.05) is 30.3 Å². The van der Waals surface area contributed by atoms with Gasteiger partial charge in [-0.05, 0) is 15.9 Å². The second-order valence-corrected chi connectivity index (χ2v) is 3.82. The molecule has 1 atom stereocenters. The first-order valence-corrected chi connectivity index (χ1v) is 4.89. The molecular formula is C8H11BrClN3O3. The second kappa shape index (κ2) is 6.00. The monoisotopic (exact) mass is 311 g/mol. The molecule has 0 spiro atoms. The molecule has 0 fully saturated rings. The Morgan fingerprint density at radius 1 is 1.56 bits per heavy atom. The Hall–Kier alpha value is -0.890. The van der Waals surface area contributed by atoms with E-state index in [1.807, 2.05) is 0 Å². The number of aromatic hydroxyl groups is 1. The highest BCUT2D eigenvalue weighted by atomic mass is 79.9. The van der Waals surface area contributed by atoms with E-state index >= 15 is 0 Å². The van der Waals surface area contributed by atoms with Crippen LogP contribution in [0.1, 0.15) is 11.6 Å². The maximum Gasteiger partial charge on any atom is 0.271 e. The number of hydrogen-bond donors (Lipinski definition) is 3. The van der Waals surface area contributed by atoms with E-state index in [-0.39, 0.29) is 40.4 Å². The first-order valence-electron chi connectivity index (χ1n) is 4.09. The standard InChI is InChI=1S/C8H10BrN3O3.ClH/c9-6-2-4(12(14)15)1-5(8(6)13)7(11)3-10;/h1-2,7,13H,3,10-11H2;1H/t7-;/m0./s1. The first kappa shape index (κ1) is 15.1. The van der Waals surface area contributed by atoms with Crippen LogP contribution in [0, 0.1) is 10.1 Å². The highest BCUT2D eigenvalue weighted by Gasteiger charge is 2.18. The average Bonchev–Trinajstić information content (AvgIpc) is 2.20. The molecule has 0 unspecified atom stereocenters. The van der Waals surface area contributed by atoms with Crippen LogP contribution in [0.25, 0.3) is 0 Å². The van der Waals surface area contributed by atoms with Crippen LogP contribution in [0.4, 0.5) is 5.69 Å². The molecule has 0 bridgehead atoms. The summed E-state index contributed by atoms with van der Waals surface area (Å²) in [5.41, 5.74) is 11.1. The van der Waals surface area contributed by atoms with Crippen molar-refractivity contribution in [1.82, 2.24) is 0 Å². The summed E-state index contributed by atoms with van der Waals surface area (Å²) in [7, 11) is 0. The molecule has 0 aromatic heterocycles. The van der Waals surface area contributed by atoms with E-state index in [1.54, 1.807) is 0 Å². The summed E-state index contributed by atoms with van der Waals surface area (Å²) in [6, 6.07) is 1.81. The van der Waals surface area contributed by atoms with E-state index < -0.39 is 11.0 Å². The van der Waals surface area contributed by atoms with Crippen LogP contribution in [0.5, 0.6) is 5.75 Å². The van der Waals surface area contributed by atoms with Crippen molar-refractivity contribution in [3.05, 3.63) is 32.3 Å². The van der Waals surface area contributed by atoms with Crippen molar-refractivity contribution in [2.24, 2.45) is 11.5 Å². The summed E-state index contributed by atoms with van der Waals surface area (Å²) in [5, 5.41) is 20.2. The molecule has 1 rings (SSSR count). The lowest BCUT2D eigenvalue weighted by atomic mass is 10.1. The summed E-state index contributed by atoms with van der Waals surface area (Å²) in [5.74, 6) is -0.112. The molecule has 0 heterocycles. The van der Waals surface area contributed by atoms with E-state index in [9.17, 15) is 15.2 Å². The molecule has 0 aliphatic rings. The molecule has 8 heteroatoms. The van der Waals surface area contributed by atoms with Gasteiger partial charge in [0.25, 0.3) is 5.69 Å². The summed E-state index contributed by atoms with van der Waals surface area (Å²) >= 11 is 3.01. The third kappa shape index (κ3) is 3.05. The minimum atomic E-state index is -0.624. The fourth-order valence-corrected chi connectivity index (χ4v) is 1.58. The molecule has 0 saturated carbocycles. The molecule has 16 heavy (non-hydrogen) atoms. The number of benzene rings is 1. The van der Waals surface area contributed by atoms with Gasteiger partial charge in [-0.25, -0.2) is 0 Å². The minimum absolute atomic E-state index is 0. The Balaban J connectivity index is 0.00000225. The number of non-ortho nitro benzene ring substituents is 1. The van der Waals surface area contributed by atoms with Gasteiger partial charge in [0.15, 0.2) is 0 Å². The van der Waals surface area contributed by atoms with Crippen molar-refractivity contribution in [2.75, 3.05) is 6.54 Å². The van der Waals surface area contributed by atoms with Crippen molar-refractivity contribution in [3.8, 4) is 5.75 Å². The lowest BCUT2D eigenvalue weighted by Crippen LogP contribution is -2.21. The molecule has 1 aromatic rings. The molecule has 90 valence electrons. The van der Waals surface area contributed by atoms with E-state index in [4.69, 9.17) is 11.5 Å². The zero-order chi connectivity index (χ0) is 11.6. The van der Waals surface area contributed by atoms with Gasteiger partial charge in [-0.1, -0.05) is 0 Å². The van der Waals surface area contributed by atoms with E-state index in [2.05, 4.69) is 15.9 Å². The maximum atomic E-state index is 10.6. The molecule has 0 aliphatic carbocycles. The Labute approximate surface area is 106 Å². The predicted molar refractivity (Wildman–Crippen MR) is 65.7 cm³/mol. The zero-order valence-corrected chi connectivity index (χ0v) is 10.5. The van der Waals surface area contributed by atoms with Crippen molar-refractivity contribution >= 4 is 34.0 Å². The molecule has 0 aliphatic heterocycles. The molecule has 5 N–H and O–H groups in total. The van der Waals surface area contributed by atoms with E-state index in [0.717, 1.165) is 0 Å². The fourth-order valence-electron chi connectivity index (χ4n) is 1.12. The average molecular weight is 313 g/mol. The number of nitrogens with zero attached hydrogens (tertiary/aromatic N) is 1. The second-order valence-electron chi connectivity index (χ2n) is 2.96. The van der Waals surface area contributed by atoms with Crippen molar-refractivity contribution in [2.45, 2.75) is 6.04 Å². The van der Waals surface area contributed by atoms with Gasteiger partial charge < -0.3 is 16.6 Å². The molecular weight excluding hydrogens is 301 g/mol. The summed E-state index contributed by atoms with van der Waals surface area (Å²) in [6.07, 6.45) is 0. The predicted octanol–water partition coefficient (Wildman–Crippen LogP) is 1.44. The Morgan fingerprint density at radius 2 is 2.12 bits per heavy atom. The third-order valence-corrected chi connectivity index (χ3v) is 2.55. The summed E-state index contributed by atoms with van der Waals surface area (Å²) in [6.45, 7) is 0.0984. The van der Waals surface area contributed by atoms with Crippen LogP contribution in [0.15, 0.2) is 16.6 Å². The smallest absolute Gasteiger partial charge is 0.271 e. The molecule has 1 aromatic carbocycles. The minimum Gasteiger partial charge on any atom is -0.506 e. The van der Waals surface area contributed by atoms with Crippen LogP contribution in [-0.4, -0.2) is 16.6 Å². The molecule has 0 saturated heterocycles. The SMILES string of the molecule is Cl.NC[C@H](N)c1cc([N+](=O)[O-])cc(Br)c1O. The number of phenols is 1. The molecule has 0 amide bonds. The number of phenolic OH excluding ortho intramolecular Hbond substituents is 1. The van der Waals surface area contributed by atoms with E-state index in [1.165, 1.54) is 12.1 Å². The van der Waals surface area contributed by atoms with Gasteiger partial charge in [0.05, 0.1) is 9.40 Å². The number of nitrogens with two attached hydrogens (primary N) is 2. The fraction of sp³-hybridized carbons (Fsp3) is 0.250. The van der Waals surface area contributed by atoms with Crippen molar-refractivity contribution in [1.29, 1.82) is 0 Å². The lowest BCUT2D eigenvalue weighted by molar-refractivity contribution is -0.385. The highest BCUT2D eigenvalue weighted by Crippen LogP contribution is 2.34. The van der Waals surface area contributed by atoms with Gasteiger partial charge >= 0.3 is 0 Å². The van der Waals surface area contributed by atoms with Crippen LogP contribution >= 0.6 is 28.3 Å². The van der Waals surface area contributed by atoms with Crippen LogP contribution in [0.3, 0.4) is 0 Å². The van der Waals surface area contributed by atoms with E-state index in [0.29, 0.717) is 0 Å². The van der Waals surface area contributed by atoms with Crippen LogP contribution in [0.2, 0.25) is 0 Å². The number of hydrogen-bond acceptors (Lipinski definition) is 5. The summed E-state index contributed by atoms with van der Waals surface area (Å²) < 4.78 is 0.232. The first-order chi connectivity index (χ1) is 6.97. The largest absolute Gasteiger partial charge is 0.506 e. The van der Waals surface area contributed by atoms with Crippen LogP contribution < -0.4 is 11.5 Å². The van der Waals surface area contributed by atoms with Gasteiger partial charge in [0.2, 0.25) is 0 Å². The number of rotatable bonds is 3. The highest BCUT2D eigenvalue weighted by molar-refractivity contribution is 9.10. The maximum absolute atomic E-state index is 10.6. The molecule has 6 nitrogen and oxygen atoms in total. The normalized spacial score (nSPS) is 11.7. The quantitative estimate of drug-likeness (QED) is 0.577. The van der Waals surface area contributed by atoms with Gasteiger partial charge in [-0.2, -0.15) is 0 Å². The van der Waals surface area contributed by atoms with Gasteiger partial charge in [-0.15, -0.1) is 12.4 Å².